The van der Waals surface area contributed by atoms with Crippen LogP contribution in [0.25, 0.3) is 0 Å². The number of nitrogens with one attached hydrogen (secondary N) is 2. The summed E-state index contributed by atoms with van der Waals surface area (Å²) in [6.45, 7) is 2.82. The van der Waals surface area contributed by atoms with E-state index in [1.165, 1.54) is 6.33 Å². The number of H-pyrrole nitrogens is 1. The lowest BCUT2D eigenvalue weighted by Gasteiger charge is -2.10. The van der Waals surface area contributed by atoms with Crippen LogP contribution in [0.3, 0.4) is 0 Å². The Hall–Kier alpha value is -1.17. The van der Waals surface area contributed by atoms with E-state index in [0.29, 0.717) is 11.1 Å². The number of anilines is 2. The zero-order valence-electron chi connectivity index (χ0n) is 8.20. The first-order valence-corrected chi connectivity index (χ1v) is 5.53. The maximum Gasteiger partial charge on any atom is 0.276 e. The second-order valence-electron chi connectivity index (χ2n) is 2.92. The minimum atomic E-state index is -0.306. The normalized spacial score (nSPS) is 12.4. The molecule has 0 bridgehead atoms. The highest BCUT2D eigenvalue weighted by Gasteiger charge is 2.05. The predicted molar refractivity (Wildman–Crippen MR) is 60.7 cm³/mol. The van der Waals surface area contributed by atoms with Crippen LogP contribution in [-0.2, 0) is 0 Å². The maximum atomic E-state index is 11.1. The van der Waals surface area contributed by atoms with Gasteiger partial charge in [0.1, 0.15) is 5.69 Å². The van der Waals surface area contributed by atoms with E-state index in [0.717, 1.165) is 6.54 Å². The second kappa shape index (κ2) is 4.90. The van der Waals surface area contributed by atoms with Gasteiger partial charge >= 0.3 is 0 Å². The summed E-state index contributed by atoms with van der Waals surface area (Å²) in [6, 6.07) is 0. The SMILES string of the molecule is CSC(C)CNc1nc[nH]c(=O)c1N. The standard InChI is InChI=1S/C8H14N4OS/c1-5(14-2)3-10-7-6(9)8(13)12-4-11-7/h4-5H,3,9H2,1-2H3,(H2,10,11,12,13). The minimum absolute atomic E-state index is 0.140. The third-order valence-corrected chi connectivity index (χ3v) is 2.82. The van der Waals surface area contributed by atoms with Crippen molar-refractivity contribution in [3.63, 3.8) is 0 Å². The van der Waals surface area contributed by atoms with Crippen molar-refractivity contribution in [3.05, 3.63) is 16.7 Å². The van der Waals surface area contributed by atoms with Crippen LogP contribution >= 0.6 is 11.8 Å². The zero-order chi connectivity index (χ0) is 10.6. The third kappa shape index (κ3) is 2.66. The number of nitrogen functional groups attached to an aromatic ring is 1. The molecule has 0 fully saturated rings. The molecule has 4 N–H and O–H groups in total. The molecule has 1 heterocycles. The van der Waals surface area contributed by atoms with Crippen molar-refractivity contribution < 1.29 is 0 Å². The summed E-state index contributed by atoms with van der Waals surface area (Å²) in [5, 5.41) is 3.48. The van der Waals surface area contributed by atoms with Gasteiger partial charge in [-0.3, -0.25) is 4.79 Å². The molecular weight excluding hydrogens is 200 g/mol. The Kier molecular flexibility index (Phi) is 3.82. The highest BCUT2D eigenvalue weighted by Crippen LogP contribution is 2.10. The van der Waals surface area contributed by atoms with Crippen molar-refractivity contribution in [2.24, 2.45) is 0 Å². The first kappa shape index (κ1) is 10.9. The number of nitrogens with zero attached hydrogens (tertiary/aromatic N) is 1. The second-order valence-corrected chi connectivity index (χ2v) is 4.20. The van der Waals surface area contributed by atoms with Crippen LogP contribution < -0.4 is 16.6 Å². The molecular formula is C8H14N4OS. The Labute approximate surface area is 86.5 Å². The Bertz CT molecular complexity index is 351. The van der Waals surface area contributed by atoms with E-state index >= 15 is 0 Å². The van der Waals surface area contributed by atoms with Gasteiger partial charge in [-0.15, -0.1) is 0 Å². The molecule has 1 rings (SSSR count). The number of nitrogens with two attached hydrogens (primary N) is 1. The summed E-state index contributed by atoms with van der Waals surface area (Å²) in [7, 11) is 0. The van der Waals surface area contributed by atoms with Crippen molar-refractivity contribution >= 4 is 23.3 Å². The van der Waals surface area contributed by atoms with Crippen molar-refractivity contribution in [3.8, 4) is 0 Å². The van der Waals surface area contributed by atoms with Gasteiger partial charge in [0.2, 0.25) is 0 Å². The van der Waals surface area contributed by atoms with Gasteiger partial charge in [0, 0.05) is 11.8 Å². The predicted octanol–water partition coefficient (Wildman–Crippen LogP) is 0.516. The summed E-state index contributed by atoms with van der Waals surface area (Å²) in [4.78, 5) is 17.4. The van der Waals surface area contributed by atoms with E-state index in [-0.39, 0.29) is 11.2 Å². The van der Waals surface area contributed by atoms with E-state index in [9.17, 15) is 4.79 Å². The van der Waals surface area contributed by atoms with E-state index in [1.807, 2.05) is 6.26 Å². The van der Waals surface area contributed by atoms with Gasteiger partial charge in [-0.1, -0.05) is 6.92 Å². The highest BCUT2D eigenvalue weighted by atomic mass is 32.2. The fourth-order valence-electron chi connectivity index (χ4n) is 0.875. The molecule has 0 radical (unpaired) electrons. The summed E-state index contributed by atoms with van der Waals surface area (Å²) < 4.78 is 0. The highest BCUT2D eigenvalue weighted by molar-refractivity contribution is 7.99. The molecule has 1 atom stereocenters. The maximum absolute atomic E-state index is 11.1. The van der Waals surface area contributed by atoms with Gasteiger partial charge in [-0.2, -0.15) is 11.8 Å². The van der Waals surface area contributed by atoms with Crippen molar-refractivity contribution in [2.75, 3.05) is 23.9 Å². The fraction of sp³-hybridized carbons (Fsp3) is 0.500. The first-order chi connectivity index (χ1) is 6.65. The third-order valence-electron chi connectivity index (χ3n) is 1.85. The van der Waals surface area contributed by atoms with Gasteiger partial charge in [0.25, 0.3) is 5.56 Å². The lowest BCUT2D eigenvalue weighted by Crippen LogP contribution is -2.19. The number of thioether (sulfide) groups is 1. The Morgan fingerprint density at radius 2 is 2.50 bits per heavy atom. The van der Waals surface area contributed by atoms with Crippen LogP contribution in [0.15, 0.2) is 11.1 Å². The topological polar surface area (TPSA) is 83.8 Å². The smallest absolute Gasteiger partial charge is 0.276 e. The molecule has 78 valence electrons. The largest absolute Gasteiger partial charge is 0.391 e. The summed E-state index contributed by atoms with van der Waals surface area (Å²) in [5.74, 6) is 0.453. The average molecular weight is 214 g/mol. The number of rotatable bonds is 4. The monoisotopic (exact) mass is 214 g/mol. The molecule has 6 heteroatoms. The molecule has 0 saturated heterocycles. The van der Waals surface area contributed by atoms with E-state index in [4.69, 9.17) is 5.73 Å². The van der Waals surface area contributed by atoms with Crippen molar-refractivity contribution in [1.82, 2.24) is 9.97 Å². The van der Waals surface area contributed by atoms with Crippen LogP contribution in [0, 0.1) is 0 Å². The van der Waals surface area contributed by atoms with E-state index < -0.39 is 0 Å². The molecule has 0 aliphatic heterocycles. The van der Waals surface area contributed by atoms with Crippen LogP contribution in [-0.4, -0.2) is 28.0 Å². The van der Waals surface area contributed by atoms with Gasteiger partial charge < -0.3 is 16.0 Å². The minimum Gasteiger partial charge on any atom is -0.391 e. The molecule has 0 aromatic carbocycles. The van der Waals surface area contributed by atoms with Crippen LogP contribution in [0.5, 0.6) is 0 Å². The number of aromatic nitrogens is 2. The Morgan fingerprint density at radius 1 is 1.79 bits per heavy atom. The molecule has 1 aromatic heterocycles. The molecule has 0 spiro atoms. The zero-order valence-corrected chi connectivity index (χ0v) is 9.02. The van der Waals surface area contributed by atoms with Crippen molar-refractivity contribution in [2.45, 2.75) is 12.2 Å². The van der Waals surface area contributed by atoms with Gasteiger partial charge in [-0.05, 0) is 6.26 Å². The molecule has 0 amide bonds. The van der Waals surface area contributed by atoms with Crippen molar-refractivity contribution in [1.29, 1.82) is 0 Å². The lowest BCUT2D eigenvalue weighted by molar-refractivity contribution is 0.983. The molecule has 0 aliphatic rings. The number of hydrogen-bond donors (Lipinski definition) is 3. The molecule has 0 saturated carbocycles. The van der Waals surface area contributed by atoms with Gasteiger partial charge in [0.15, 0.2) is 5.82 Å². The average Bonchev–Trinajstić information content (AvgIpc) is 2.20. The molecule has 5 nitrogen and oxygen atoms in total. The van der Waals surface area contributed by atoms with Crippen LogP contribution in [0.2, 0.25) is 0 Å². The quantitative estimate of drug-likeness (QED) is 0.680. The number of aromatic amines is 1. The Balaban J connectivity index is 2.68. The molecule has 0 aliphatic carbocycles. The Morgan fingerprint density at radius 3 is 3.14 bits per heavy atom. The molecule has 1 unspecified atom stereocenters. The van der Waals surface area contributed by atoms with Crippen LogP contribution in [0.1, 0.15) is 6.92 Å². The fourth-order valence-corrected chi connectivity index (χ4v) is 1.12. The lowest BCUT2D eigenvalue weighted by atomic mass is 10.4. The molecule has 14 heavy (non-hydrogen) atoms. The van der Waals surface area contributed by atoms with Gasteiger partial charge in [0.05, 0.1) is 6.33 Å². The summed E-state index contributed by atoms with van der Waals surface area (Å²) >= 11 is 1.74. The summed E-state index contributed by atoms with van der Waals surface area (Å²) in [6.07, 6.45) is 3.37. The van der Waals surface area contributed by atoms with Gasteiger partial charge in [-0.25, -0.2) is 4.98 Å². The van der Waals surface area contributed by atoms with E-state index in [1.54, 1.807) is 11.8 Å². The first-order valence-electron chi connectivity index (χ1n) is 4.25. The molecule has 1 aromatic rings. The van der Waals surface area contributed by atoms with Crippen LogP contribution in [0.4, 0.5) is 11.5 Å². The summed E-state index contributed by atoms with van der Waals surface area (Å²) in [5.41, 5.74) is 5.37. The van der Waals surface area contributed by atoms with E-state index in [2.05, 4.69) is 22.2 Å². The number of hydrogen-bond acceptors (Lipinski definition) is 5.